The Morgan fingerprint density at radius 1 is 1.29 bits per heavy atom. The molecule has 0 rings (SSSR count). The smallest absolute Gasteiger partial charge is 0.357 e. The van der Waals surface area contributed by atoms with E-state index in [0.717, 1.165) is 31.9 Å². The average molecular weight is 308 g/mol. The zero-order chi connectivity index (χ0) is 16.3. The lowest BCUT2D eigenvalue weighted by Gasteiger charge is -2.22. The molecule has 0 saturated carbocycles. The highest BCUT2D eigenvalue weighted by molar-refractivity contribution is 5.79. The van der Waals surface area contributed by atoms with Crippen molar-refractivity contribution in [2.75, 3.05) is 46.8 Å². The molecule has 0 aromatic heterocycles. The van der Waals surface area contributed by atoms with Crippen molar-refractivity contribution in [1.82, 2.24) is 15.1 Å². The summed E-state index contributed by atoms with van der Waals surface area (Å²) in [7, 11) is 3.37. The number of hydrogen-bond donors (Lipinski definition) is 1. The standard InChI is InChI=1S/C14H27F3N4/c1-5-7-8-10-21(4)13(18-6-2)19-9-11-20(3)12-14(15,16)17/h5H,1,6-12H2,2-4H3,(H,18,19). The quantitative estimate of drug-likeness (QED) is 0.307. The van der Waals surface area contributed by atoms with Crippen LogP contribution in [0.15, 0.2) is 17.6 Å². The highest BCUT2D eigenvalue weighted by atomic mass is 19.4. The lowest BCUT2D eigenvalue weighted by atomic mass is 10.3. The van der Waals surface area contributed by atoms with Gasteiger partial charge in [-0.15, -0.1) is 6.58 Å². The van der Waals surface area contributed by atoms with Crippen molar-refractivity contribution in [2.45, 2.75) is 25.9 Å². The minimum absolute atomic E-state index is 0.273. The molecule has 4 nitrogen and oxygen atoms in total. The largest absolute Gasteiger partial charge is 0.401 e. The highest BCUT2D eigenvalue weighted by Gasteiger charge is 2.28. The summed E-state index contributed by atoms with van der Waals surface area (Å²) in [6.07, 6.45) is -0.398. The number of nitrogens with one attached hydrogen (secondary N) is 1. The highest BCUT2D eigenvalue weighted by Crippen LogP contribution is 2.15. The van der Waals surface area contributed by atoms with Crippen LogP contribution in [0.2, 0.25) is 0 Å². The molecule has 0 aliphatic heterocycles. The molecule has 0 radical (unpaired) electrons. The fourth-order valence-electron chi connectivity index (χ4n) is 1.76. The Hall–Kier alpha value is -1.24. The van der Waals surface area contributed by atoms with Crippen LogP contribution >= 0.6 is 0 Å². The topological polar surface area (TPSA) is 30.9 Å². The van der Waals surface area contributed by atoms with Crippen molar-refractivity contribution >= 4 is 5.96 Å². The fourth-order valence-corrected chi connectivity index (χ4v) is 1.76. The molecule has 7 heteroatoms. The number of hydrogen-bond acceptors (Lipinski definition) is 2. The Labute approximate surface area is 125 Å². The van der Waals surface area contributed by atoms with Gasteiger partial charge in [0, 0.05) is 26.7 Å². The third-order valence-corrected chi connectivity index (χ3v) is 2.79. The lowest BCUT2D eigenvalue weighted by molar-refractivity contribution is -0.142. The number of alkyl halides is 3. The third-order valence-electron chi connectivity index (χ3n) is 2.79. The van der Waals surface area contributed by atoms with Gasteiger partial charge < -0.3 is 10.2 Å². The maximum Gasteiger partial charge on any atom is 0.401 e. The summed E-state index contributed by atoms with van der Waals surface area (Å²) < 4.78 is 36.6. The molecule has 0 bridgehead atoms. The monoisotopic (exact) mass is 308 g/mol. The van der Waals surface area contributed by atoms with Crippen molar-refractivity contribution in [3.05, 3.63) is 12.7 Å². The predicted molar refractivity (Wildman–Crippen MR) is 81.6 cm³/mol. The van der Waals surface area contributed by atoms with Crippen LogP contribution in [0.1, 0.15) is 19.8 Å². The lowest BCUT2D eigenvalue weighted by Crippen LogP contribution is -2.40. The van der Waals surface area contributed by atoms with Crippen molar-refractivity contribution < 1.29 is 13.2 Å². The van der Waals surface area contributed by atoms with E-state index in [2.05, 4.69) is 16.9 Å². The van der Waals surface area contributed by atoms with Gasteiger partial charge in [0.25, 0.3) is 0 Å². The summed E-state index contributed by atoms with van der Waals surface area (Å²) in [5.74, 6) is 0.724. The first-order chi connectivity index (χ1) is 9.80. The number of rotatable bonds is 9. The molecule has 0 heterocycles. The number of guanidine groups is 1. The second-order valence-corrected chi connectivity index (χ2v) is 4.94. The molecular formula is C14H27F3N4. The van der Waals surface area contributed by atoms with Crippen molar-refractivity contribution in [2.24, 2.45) is 4.99 Å². The van der Waals surface area contributed by atoms with Gasteiger partial charge in [-0.05, 0) is 26.8 Å². The van der Waals surface area contributed by atoms with Gasteiger partial charge in [0.15, 0.2) is 5.96 Å². The molecule has 0 saturated heterocycles. The zero-order valence-corrected chi connectivity index (χ0v) is 13.2. The Morgan fingerprint density at radius 3 is 2.48 bits per heavy atom. The molecule has 0 unspecified atom stereocenters. The van der Waals surface area contributed by atoms with Crippen LogP contribution in [-0.2, 0) is 0 Å². The van der Waals surface area contributed by atoms with Crippen LogP contribution in [0, 0.1) is 0 Å². The predicted octanol–water partition coefficient (Wildman–Crippen LogP) is 2.34. The maximum atomic E-state index is 12.2. The van der Waals surface area contributed by atoms with Gasteiger partial charge in [-0.3, -0.25) is 9.89 Å². The Balaban J connectivity index is 4.28. The van der Waals surface area contributed by atoms with E-state index in [1.54, 1.807) is 0 Å². The Bertz CT molecular complexity index is 316. The molecule has 21 heavy (non-hydrogen) atoms. The second-order valence-electron chi connectivity index (χ2n) is 4.94. The molecule has 0 atom stereocenters. The first-order valence-electron chi connectivity index (χ1n) is 7.15. The number of nitrogens with zero attached hydrogens (tertiary/aromatic N) is 3. The Morgan fingerprint density at radius 2 is 1.95 bits per heavy atom. The van der Waals surface area contributed by atoms with E-state index in [0.29, 0.717) is 6.54 Å². The van der Waals surface area contributed by atoms with Crippen molar-refractivity contribution in [3.63, 3.8) is 0 Å². The summed E-state index contributed by atoms with van der Waals surface area (Å²) >= 11 is 0. The van der Waals surface area contributed by atoms with E-state index in [1.807, 2.05) is 24.9 Å². The van der Waals surface area contributed by atoms with E-state index < -0.39 is 12.7 Å². The van der Waals surface area contributed by atoms with E-state index in [1.165, 1.54) is 11.9 Å². The van der Waals surface area contributed by atoms with Crippen LogP contribution in [-0.4, -0.2) is 68.8 Å². The summed E-state index contributed by atoms with van der Waals surface area (Å²) in [5.41, 5.74) is 0. The van der Waals surface area contributed by atoms with Crippen LogP contribution < -0.4 is 5.32 Å². The number of aliphatic imine (C=N–C) groups is 1. The molecule has 0 amide bonds. The summed E-state index contributed by atoms with van der Waals surface area (Å²) in [4.78, 5) is 7.57. The van der Waals surface area contributed by atoms with Gasteiger partial charge in [0.1, 0.15) is 0 Å². The van der Waals surface area contributed by atoms with Gasteiger partial charge in [0.2, 0.25) is 0 Å². The van der Waals surface area contributed by atoms with Crippen LogP contribution in [0.4, 0.5) is 13.2 Å². The van der Waals surface area contributed by atoms with E-state index >= 15 is 0 Å². The summed E-state index contributed by atoms with van der Waals surface area (Å²) in [5, 5.41) is 3.14. The van der Waals surface area contributed by atoms with Crippen molar-refractivity contribution in [3.8, 4) is 0 Å². The minimum Gasteiger partial charge on any atom is -0.357 e. The van der Waals surface area contributed by atoms with Crippen molar-refractivity contribution in [1.29, 1.82) is 0 Å². The van der Waals surface area contributed by atoms with Gasteiger partial charge in [-0.2, -0.15) is 13.2 Å². The molecule has 0 aliphatic rings. The van der Waals surface area contributed by atoms with Gasteiger partial charge in [-0.1, -0.05) is 6.08 Å². The second kappa shape index (κ2) is 10.5. The number of likely N-dealkylation sites (N-methyl/N-ethyl adjacent to an activating group) is 1. The molecule has 1 N–H and O–H groups in total. The first kappa shape index (κ1) is 19.8. The Kier molecular flexibility index (Phi) is 9.86. The minimum atomic E-state index is -4.16. The third kappa shape index (κ3) is 11.1. The number of halogens is 3. The summed E-state index contributed by atoms with van der Waals surface area (Å²) in [6, 6.07) is 0. The molecule has 0 aromatic rings. The zero-order valence-electron chi connectivity index (χ0n) is 13.2. The molecule has 0 spiro atoms. The van der Waals surface area contributed by atoms with Gasteiger partial charge in [-0.25, -0.2) is 0 Å². The molecule has 0 fully saturated rings. The average Bonchev–Trinajstić information content (AvgIpc) is 2.35. The van der Waals surface area contributed by atoms with Gasteiger partial charge in [0.05, 0.1) is 13.1 Å². The number of unbranched alkanes of at least 4 members (excludes halogenated alkanes) is 1. The van der Waals surface area contributed by atoms with Crippen LogP contribution in [0.3, 0.4) is 0 Å². The first-order valence-corrected chi connectivity index (χ1v) is 7.15. The van der Waals surface area contributed by atoms with Crippen LogP contribution in [0.25, 0.3) is 0 Å². The molecule has 124 valence electrons. The summed E-state index contributed by atoms with van der Waals surface area (Å²) in [6.45, 7) is 6.89. The number of allylic oxidation sites excluding steroid dienone is 1. The normalized spacial score (nSPS) is 12.6. The molecular weight excluding hydrogens is 281 g/mol. The van der Waals surface area contributed by atoms with E-state index in [-0.39, 0.29) is 6.54 Å². The fraction of sp³-hybridized carbons (Fsp3) is 0.786. The SMILES string of the molecule is C=CCCCN(C)C(=NCCN(C)CC(F)(F)F)NCC. The van der Waals surface area contributed by atoms with E-state index in [9.17, 15) is 13.2 Å². The van der Waals surface area contributed by atoms with Gasteiger partial charge >= 0.3 is 6.18 Å². The molecule has 0 aromatic carbocycles. The molecule has 0 aliphatic carbocycles. The maximum absolute atomic E-state index is 12.2. The van der Waals surface area contributed by atoms with E-state index in [4.69, 9.17) is 0 Å². The van der Waals surface area contributed by atoms with Crippen LogP contribution in [0.5, 0.6) is 0 Å².